The lowest BCUT2D eigenvalue weighted by atomic mass is 10.1. The van der Waals surface area contributed by atoms with E-state index in [1.54, 1.807) is 23.6 Å². The molecule has 0 aliphatic rings. The average molecular weight is 411 g/mol. The average Bonchev–Trinajstić information content (AvgIpc) is 3.05. The Balaban J connectivity index is 2.09. The van der Waals surface area contributed by atoms with Gasteiger partial charge in [-0.3, -0.25) is 20.4 Å². The topological polar surface area (TPSA) is 82.3 Å². The molecule has 9 heteroatoms. The van der Waals surface area contributed by atoms with Crippen molar-refractivity contribution < 1.29 is 9.59 Å². The number of amides is 2. The van der Waals surface area contributed by atoms with Crippen LogP contribution < -0.4 is 21.5 Å². The summed E-state index contributed by atoms with van der Waals surface area (Å²) in [7, 11) is 0. The van der Waals surface area contributed by atoms with E-state index in [0.717, 1.165) is 0 Å². The molecule has 1 aromatic carbocycles. The summed E-state index contributed by atoms with van der Waals surface area (Å²) in [6.07, 6.45) is 0. The molecule has 0 spiro atoms. The zero-order valence-electron chi connectivity index (χ0n) is 14.5. The van der Waals surface area contributed by atoms with Crippen LogP contribution in [0.3, 0.4) is 0 Å². The minimum atomic E-state index is -0.457. The molecule has 2 aromatic rings. The highest BCUT2D eigenvalue weighted by molar-refractivity contribution is 7.80. The van der Waals surface area contributed by atoms with Crippen molar-refractivity contribution in [2.24, 2.45) is 0 Å². The van der Waals surface area contributed by atoms with Crippen LogP contribution in [0.25, 0.3) is 0 Å². The van der Waals surface area contributed by atoms with Crippen LogP contribution in [0.4, 0.5) is 5.69 Å². The minimum Gasteiger partial charge on any atom is -0.357 e. The predicted molar refractivity (Wildman–Crippen MR) is 110 cm³/mol. The van der Waals surface area contributed by atoms with Crippen molar-refractivity contribution in [3.8, 4) is 0 Å². The Kier molecular flexibility index (Phi) is 6.57. The molecule has 0 atom stereocenters. The molecule has 0 aliphatic heterocycles. The van der Waals surface area contributed by atoms with Gasteiger partial charge in [-0.25, -0.2) is 0 Å². The molecule has 0 aliphatic carbocycles. The molecule has 0 saturated heterocycles. The maximum absolute atomic E-state index is 12.5. The molecule has 0 bridgehead atoms. The Hall–Kier alpha value is -2.16. The second-order valence-electron chi connectivity index (χ2n) is 6.40. The number of anilines is 1. The van der Waals surface area contributed by atoms with E-state index in [4.69, 9.17) is 23.8 Å². The number of halogens is 1. The van der Waals surface area contributed by atoms with Gasteiger partial charge in [0.15, 0.2) is 5.11 Å². The number of rotatable bonds is 3. The molecule has 1 aromatic heterocycles. The molecule has 26 heavy (non-hydrogen) atoms. The van der Waals surface area contributed by atoms with E-state index < -0.39 is 5.91 Å². The summed E-state index contributed by atoms with van der Waals surface area (Å²) in [5.74, 6) is -0.768. The number of carbonyl (C=O) groups excluding carboxylic acids is 2. The van der Waals surface area contributed by atoms with Crippen LogP contribution in [0, 0.1) is 0 Å². The Morgan fingerprint density at radius 1 is 1.12 bits per heavy atom. The number of nitrogens with one attached hydrogen (secondary N) is 4. The highest BCUT2D eigenvalue weighted by atomic mass is 35.5. The predicted octanol–water partition coefficient (Wildman–Crippen LogP) is 3.56. The fraction of sp³-hybridized carbons (Fsp3) is 0.235. The van der Waals surface area contributed by atoms with Gasteiger partial charge in [0.05, 0.1) is 16.1 Å². The summed E-state index contributed by atoms with van der Waals surface area (Å²) in [5.41, 5.74) is 5.47. The molecule has 1 heterocycles. The lowest BCUT2D eigenvalue weighted by Gasteiger charge is -2.23. The maximum atomic E-state index is 12.5. The Morgan fingerprint density at radius 2 is 1.85 bits per heavy atom. The number of thiocarbonyl (C=S) groups is 1. The molecular weight excluding hydrogens is 392 g/mol. The van der Waals surface area contributed by atoms with Gasteiger partial charge < -0.3 is 10.6 Å². The zero-order chi connectivity index (χ0) is 19.3. The van der Waals surface area contributed by atoms with Crippen molar-refractivity contribution in [2.75, 3.05) is 5.32 Å². The molecule has 0 fully saturated rings. The van der Waals surface area contributed by atoms with E-state index in [1.165, 1.54) is 23.5 Å². The second kappa shape index (κ2) is 8.48. The number of thiophene rings is 1. The van der Waals surface area contributed by atoms with Gasteiger partial charge >= 0.3 is 0 Å². The van der Waals surface area contributed by atoms with Gasteiger partial charge in [0.25, 0.3) is 11.8 Å². The summed E-state index contributed by atoms with van der Waals surface area (Å²) in [5, 5.41) is 8.21. The molecule has 2 rings (SSSR count). The largest absolute Gasteiger partial charge is 0.357 e. The van der Waals surface area contributed by atoms with Gasteiger partial charge in [-0.1, -0.05) is 17.7 Å². The number of carbonyl (C=O) groups is 2. The van der Waals surface area contributed by atoms with Gasteiger partial charge in [-0.15, -0.1) is 11.3 Å². The van der Waals surface area contributed by atoms with Gasteiger partial charge in [0.2, 0.25) is 0 Å². The summed E-state index contributed by atoms with van der Waals surface area (Å²) < 4.78 is 0. The first-order valence-electron chi connectivity index (χ1n) is 7.68. The third-order valence-corrected chi connectivity index (χ3v) is 4.31. The van der Waals surface area contributed by atoms with E-state index in [0.29, 0.717) is 15.6 Å². The van der Waals surface area contributed by atoms with Crippen molar-refractivity contribution in [1.29, 1.82) is 0 Å². The van der Waals surface area contributed by atoms with Gasteiger partial charge in [0, 0.05) is 10.6 Å². The molecule has 6 nitrogen and oxygen atoms in total. The SMILES string of the molecule is CC(C)(C)NC(=S)NNC(=O)c1ccc(Cl)cc1NC(=O)c1cccs1. The lowest BCUT2D eigenvalue weighted by Crippen LogP contribution is -2.52. The highest BCUT2D eigenvalue weighted by Gasteiger charge is 2.17. The maximum Gasteiger partial charge on any atom is 0.271 e. The minimum absolute atomic E-state index is 0.241. The first-order valence-corrected chi connectivity index (χ1v) is 9.35. The second-order valence-corrected chi connectivity index (χ2v) is 8.20. The highest BCUT2D eigenvalue weighted by Crippen LogP contribution is 2.22. The van der Waals surface area contributed by atoms with Crippen LogP contribution in [-0.2, 0) is 0 Å². The summed E-state index contributed by atoms with van der Waals surface area (Å²) in [6, 6.07) is 8.10. The molecule has 0 saturated carbocycles. The Labute approximate surface area is 166 Å². The van der Waals surface area contributed by atoms with Gasteiger partial charge in [0.1, 0.15) is 0 Å². The third kappa shape index (κ3) is 5.98. The number of hydrogen-bond donors (Lipinski definition) is 4. The molecule has 138 valence electrons. The van der Waals surface area contributed by atoms with Gasteiger partial charge in [-0.05, 0) is 62.6 Å². The monoisotopic (exact) mass is 410 g/mol. The lowest BCUT2D eigenvalue weighted by molar-refractivity contribution is 0.0944. The van der Waals surface area contributed by atoms with Crippen molar-refractivity contribution >= 4 is 57.8 Å². The van der Waals surface area contributed by atoms with Crippen molar-refractivity contribution in [1.82, 2.24) is 16.2 Å². The van der Waals surface area contributed by atoms with E-state index in [2.05, 4.69) is 21.5 Å². The molecule has 0 unspecified atom stereocenters. The van der Waals surface area contributed by atoms with Crippen LogP contribution in [0.1, 0.15) is 40.8 Å². The summed E-state index contributed by atoms with van der Waals surface area (Å²) >= 11 is 12.4. The summed E-state index contributed by atoms with van der Waals surface area (Å²) in [6.45, 7) is 5.83. The first kappa shape index (κ1) is 20.2. The van der Waals surface area contributed by atoms with E-state index >= 15 is 0 Å². The van der Waals surface area contributed by atoms with Crippen LogP contribution in [0.15, 0.2) is 35.7 Å². The fourth-order valence-corrected chi connectivity index (χ4v) is 3.11. The first-order chi connectivity index (χ1) is 12.2. The molecule has 0 radical (unpaired) electrons. The van der Waals surface area contributed by atoms with Crippen LogP contribution in [0.2, 0.25) is 5.02 Å². The Morgan fingerprint density at radius 3 is 2.46 bits per heavy atom. The third-order valence-electron chi connectivity index (χ3n) is 3.00. The van der Waals surface area contributed by atoms with Crippen molar-refractivity contribution in [2.45, 2.75) is 26.3 Å². The number of hydrogen-bond acceptors (Lipinski definition) is 4. The van der Waals surface area contributed by atoms with Crippen LogP contribution in [0.5, 0.6) is 0 Å². The number of hydrazine groups is 1. The number of benzene rings is 1. The van der Waals surface area contributed by atoms with E-state index in [1.807, 2.05) is 20.8 Å². The normalized spacial score (nSPS) is 10.8. The van der Waals surface area contributed by atoms with E-state index in [-0.39, 0.29) is 22.1 Å². The fourth-order valence-electron chi connectivity index (χ4n) is 1.96. The smallest absolute Gasteiger partial charge is 0.271 e. The molecule has 4 N–H and O–H groups in total. The van der Waals surface area contributed by atoms with E-state index in [9.17, 15) is 9.59 Å². The molecular formula is C17H19ClN4O2S2. The summed E-state index contributed by atoms with van der Waals surface area (Å²) in [4.78, 5) is 25.3. The van der Waals surface area contributed by atoms with Crippen molar-refractivity contribution in [3.63, 3.8) is 0 Å². The van der Waals surface area contributed by atoms with Crippen molar-refractivity contribution in [3.05, 3.63) is 51.2 Å². The van der Waals surface area contributed by atoms with Crippen LogP contribution in [-0.4, -0.2) is 22.5 Å². The van der Waals surface area contributed by atoms with Gasteiger partial charge in [-0.2, -0.15) is 0 Å². The molecule has 2 amide bonds. The Bertz CT molecular complexity index is 817. The van der Waals surface area contributed by atoms with Crippen LogP contribution >= 0.6 is 35.2 Å². The standard InChI is InChI=1S/C17H19ClN4O2S2/c1-17(2,3)20-16(25)22-21-14(23)11-7-6-10(18)9-12(11)19-15(24)13-5-4-8-26-13/h4-9H,1-3H3,(H,19,24)(H,21,23)(H2,20,22,25). The zero-order valence-corrected chi connectivity index (χ0v) is 16.9. The quantitative estimate of drug-likeness (QED) is 0.459.